The van der Waals surface area contributed by atoms with Crippen LogP contribution in [0.15, 0.2) is 88.5 Å². The van der Waals surface area contributed by atoms with Crippen molar-refractivity contribution in [3.8, 4) is 0 Å². The highest BCUT2D eigenvalue weighted by Crippen LogP contribution is 2.15. The Balaban J connectivity index is 1.27. The second-order valence-corrected chi connectivity index (χ2v) is 9.00. The van der Waals surface area contributed by atoms with Crippen molar-refractivity contribution >= 4 is 16.9 Å². The molecule has 3 aromatic carbocycles. The smallest absolute Gasteiger partial charge is 0.317 e. The molecular weight excluding hydrogens is 440 g/mol. The molecule has 1 aliphatic heterocycles. The van der Waals surface area contributed by atoms with E-state index in [1.807, 2.05) is 59.5 Å². The summed E-state index contributed by atoms with van der Waals surface area (Å²) in [6.45, 7) is 4.25. The zero-order chi connectivity index (χ0) is 24.4. The quantitative estimate of drug-likeness (QED) is 0.423. The molecule has 35 heavy (non-hydrogen) atoms. The highest BCUT2D eigenvalue weighted by atomic mass is 16.2. The van der Waals surface area contributed by atoms with Crippen molar-refractivity contribution in [3.63, 3.8) is 0 Å². The van der Waals surface area contributed by atoms with Crippen molar-refractivity contribution in [2.45, 2.75) is 13.1 Å². The number of aryl methyl sites for hydroxylation is 1. The van der Waals surface area contributed by atoms with Gasteiger partial charge in [-0.3, -0.25) is 23.9 Å². The van der Waals surface area contributed by atoms with Gasteiger partial charge in [0.25, 0.3) is 5.91 Å². The van der Waals surface area contributed by atoms with Gasteiger partial charge in [0.1, 0.15) is 0 Å². The summed E-state index contributed by atoms with van der Waals surface area (Å²) in [7, 11) is 1.61. The molecular formula is C28H28N4O3. The Hall–Kier alpha value is -3.97. The van der Waals surface area contributed by atoms with Gasteiger partial charge in [0, 0.05) is 45.3 Å². The van der Waals surface area contributed by atoms with Crippen LogP contribution in [0.3, 0.4) is 0 Å². The van der Waals surface area contributed by atoms with E-state index in [0.29, 0.717) is 29.7 Å². The number of para-hydroxylation sites is 2. The molecule has 4 aromatic rings. The molecule has 0 atom stereocenters. The Kier molecular flexibility index (Phi) is 6.33. The maximum atomic E-state index is 13.1. The minimum atomic E-state index is -0.556. The first-order valence-electron chi connectivity index (χ1n) is 11.8. The third-order valence-electron chi connectivity index (χ3n) is 6.72. The van der Waals surface area contributed by atoms with Crippen molar-refractivity contribution in [2.75, 3.05) is 26.2 Å². The van der Waals surface area contributed by atoms with Crippen LogP contribution in [0.25, 0.3) is 11.0 Å². The average molecular weight is 469 g/mol. The molecule has 178 valence electrons. The molecule has 0 unspecified atom stereocenters. The number of hydrogen-bond acceptors (Lipinski definition) is 4. The summed E-state index contributed by atoms with van der Waals surface area (Å²) >= 11 is 0. The average Bonchev–Trinajstić information content (AvgIpc) is 2.91. The number of piperazine rings is 1. The first kappa shape index (κ1) is 22.8. The molecule has 5 rings (SSSR count). The molecule has 7 heteroatoms. The maximum Gasteiger partial charge on any atom is 0.317 e. The molecule has 0 spiro atoms. The van der Waals surface area contributed by atoms with Crippen LogP contribution in [0, 0.1) is 0 Å². The van der Waals surface area contributed by atoms with Gasteiger partial charge in [0.05, 0.1) is 17.6 Å². The van der Waals surface area contributed by atoms with E-state index in [4.69, 9.17) is 0 Å². The molecule has 0 radical (unpaired) electrons. The topological polar surface area (TPSA) is 67.5 Å². The lowest BCUT2D eigenvalue weighted by molar-refractivity contribution is 0.0628. The number of rotatable bonds is 5. The number of amides is 1. The number of carbonyl (C=O) groups is 1. The van der Waals surface area contributed by atoms with E-state index in [2.05, 4.69) is 29.2 Å². The molecule has 1 amide bonds. The van der Waals surface area contributed by atoms with Crippen molar-refractivity contribution in [3.05, 3.63) is 116 Å². The first-order valence-corrected chi connectivity index (χ1v) is 11.8. The first-order chi connectivity index (χ1) is 17.0. The van der Waals surface area contributed by atoms with E-state index in [9.17, 15) is 14.4 Å². The lowest BCUT2D eigenvalue weighted by Gasteiger charge is -2.34. The zero-order valence-corrected chi connectivity index (χ0v) is 19.8. The molecule has 2 heterocycles. The number of carbonyl (C=O) groups excluding carboxylic acids is 1. The van der Waals surface area contributed by atoms with Crippen LogP contribution in [0.2, 0.25) is 0 Å². The minimum Gasteiger partial charge on any atom is -0.336 e. The maximum absolute atomic E-state index is 13.1. The molecule has 1 aliphatic rings. The second-order valence-electron chi connectivity index (χ2n) is 9.00. The molecule has 0 saturated carbocycles. The summed E-state index contributed by atoms with van der Waals surface area (Å²) in [5, 5.41) is 0. The largest absolute Gasteiger partial charge is 0.336 e. The normalized spacial score (nSPS) is 14.4. The molecule has 1 aromatic heterocycles. The van der Waals surface area contributed by atoms with Crippen molar-refractivity contribution < 1.29 is 4.79 Å². The lowest BCUT2D eigenvalue weighted by Crippen LogP contribution is -2.48. The Morgan fingerprint density at radius 1 is 0.686 bits per heavy atom. The van der Waals surface area contributed by atoms with Crippen molar-refractivity contribution in [1.82, 2.24) is 18.9 Å². The summed E-state index contributed by atoms with van der Waals surface area (Å²) in [4.78, 5) is 42.4. The molecule has 0 aliphatic carbocycles. The fourth-order valence-corrected chi connectivity index (χ4v) is 4.68. The zero-order valence-electron chi connectivity index (χ0n) is 19.8. The third kappa shape index (κ3) is 4.68. The van der Waals surface area contributed by atoms with Crippen LogP contribution in [-0.4, -0.2) is 51.0 Å². The van der Waals surface area contributed by atoms with E-state index in [-0.39, 0.29) is 12.5 Å². The fraction of sp³-hybridized carbons (Fsp3) is 0.250. The summed E-state index contributed by atoms with van der Waals surface area (Å²) in [5.74, 6) is 0.0205. The van der Waals surface area contributed by atoms with E-state index >= 15 is 0 Å². The van der Waals surface area contributed by atoms with Crippen molar-refractivity contribution in [1.29, 1.82) is 0 Å². The van der Waals surface area contributed by atoms with Gasteiger partial charge in [-0.2, -0.15) is 0 Å². The molecule has 1 saturated heterocycles. The van der Waals surface area contributed by atoms with Crippen LogP contribution >= 0.6 is 0 Å². The van der Waals surface area contributed by atoms with E-state index in [1.165, 1.54) is 14.7 Å². The molecule has 7 nitrogen and oxygen atoms in total. The second kappa shape index (κ2) is 9.72. The Labute approximate surface area is 203 Å². The van der Waals surface area contributed by atoms with Crippen LogP contribution in [0.4, 0.5) is 0 Å². The number of fused-ring (bicyclic) bond motifs is 1. The van der Waals surface area contributed by atoms with Gasteiger partial charge < -0.3 is 9.47 Å². The SMILES string of the molecule is Cn1c(=O)c(=O)n(Cc2ccc(C(=O)N3CCN(Cc4ccccc4)CC3)cc2)c2ccccc21. The number of hydrogen-bond donors (Lipinski definition) is 0. The van der Waals surface area contributed by atoms with Crippen molar-refractivity contribution in [2.24, 2.45) is 7.05 Å². The fourth-order valence-electron chi connectivity index (χ4n) is 4.68. The van der Waals surface area contributed by atoms with E-state index in [1.54, 1.807) is 7.05 Å². The summed E-state index contributed by atoms with van der Waals surface area (Å²) < 4.78 is 2.88. The van der Waals surface area contributed by atoms with E-state index in [0.717, 1.165) is 25.2 Å². The number of benzene rings is 3. The monoisotopic (exact) mass is 468 g/mol. The van der Waals surface area contributed by atoms with Gasteiger partial charge in [-0.25, -0.2) is 0 Å². The van der Waals surface area contributed by atoms with Crippen LogP contribution in [0.1, 0.15) is 21.5 Å². The van der Waals surface area contributed by atoms with E-state index < -0.39 is 11.1 Å². The van der Waals surface area contributed by atoms with Crippen LogP contribution in [0.5, 0.6) is 0 Å². The van der Waals surface area contributed by atoms with Gasteiger partial charge in [0.2, 0.25) is 0 Å². The Morgan fingerprint density at radius 3 is 1.97 bits per heavy atom. The third-order valence-corrected chi connectivity index (χ3v) is 6.72. The van der Waals surface area contributed by atoms with Gasteiger partial charge >= 0.3 is 11.1 Å². The summed E-state index contributed by atoms with van der Waals surface area (Å²) in [6, 6.07) is 25.1. The van der Waals surface area contributed by atoms with Gasteiger partial charge in [-0.15, -0.1) is 0 Å². The molecule has 1 fully saturated rings. The molecule has 0 N–H and O–H groups in total. The minimum absolute atomic E-state index is 0.0205. The summed E-state index contributed by atoms with van der Waals surface area (Å²) in [5.41, 5.74) is 3.07. The molecule has 0 bridgehead atoms. The van der Waals surface area contributed by atoms with Gasteiger partial charge in [0.15, 0.2) is 0 Å². The van der Waals surface area contributed by atoms with Gasteiger partial charge in [-0.1, -0.05) is 54.6 Å². The highest BCUT2D eigenvalue weighted by Gasteiger charge is 2.22. The van der Waals surface area contributed by atoms with Gasteiger partial charge in [-0.05, 0) is 35.4 Å². The standard InChI is InChI=1S/C28H28N4O3/c1-29-24-9-5-6-10-25(24)32(28(35)27(29)34)20-22-11-13-23(14-12-22)26(33)31-17-15-30(16-18-31)19-21-7-3-2-4-8-21/h2-14H,15-20H2,1H3. The Bertz CT molecular complexity index is 1460. The van der Waals surface area contributed by atoms with Crippen LogP contribution < -0.4 is 11.1 Å². The predicted molar refractivity (Wildman–Crippen MR) is 137 cm³/mol. The van der Waals surface area contributed by atoms with Crippen LogP contribution in [-0.2, 0) is 20.1 Å². The number of aromatic nitrogens is 2. The Morgan fingerprint density at radius 2 is 1.29 bits per heavy atom. The lowest BCUT2D eigenvalue weighted by atomic mass is 10.1. The predicted octanol–water partition coefficient (Wildman–Crippen LogP) is 2.71. The summed E-state index contributed by atoms with van der Waals surface area (Å²) in [6.07, 6.45) is 0. The highest BCUT2D eigenvalue weighted by molar-refractivity contribution is 5.94. The number of nitrogens with zero attached hydrogens (tertiary/aromatic N) is 4.